The first kappa shape index (κ1) is 19.4. The van der Waals surface area contributed by atoms with Gasteiger partial charge in [-0.05, 0) is 67.1 Å². The predicted molar refractivity (Wildman–Crippen MR) is 109 cm³/mol. The number of methoxy groups -OCH3 is 1. The number of rotatable bonds is 6. The number of nitrogens with one attached hydrogen (secondary N) is 2. The van der Waals surface area contributed by atoms with Gasteiger partial charge in [0.15, 0.2) is 0 Å². The Balaban J connectivity index is 1.73. The third kappa shape index (κ3) is 4.50. The van der Waals surface area contributed by atoms with E-state index in [1.54, 1.807) is 67.8 Å². The molecular weight excluding hydrogens is 376 g/mol. The van der Waals surface area contributed by atoms with Crippen molar-refractivity contribution >= 4 is 27.3 Å². The van der Waals surface area contributed by atoms with Gasteiger partial charge in [0.1, 0.15) is 5.75 Å². The number of amides is 1. The lowest BCUT2D eigenvalue weighted by Crippen LogP contribution is -2.15. The van der Waals surface area contributed by atoms with Gasteiger partial charge in [0, 0.05) is 16.9 Å². The lowest BCUT2D eigenvalue weighted by atomic mass is 10.1. The van der Waals surface area contributed by atoms with E-state index in [9.17, 15) is 13.2 Å². The maximum atomic E-state index is 12.5. The molecule has 0 radical (unpaired) electrons. The number of carbonyl (C=O) groups is 1. The Labute approximate surface area is 164 Å². The van der Waals surface area contributed by atoms with Crippen molar-refractivity contribution in [3.63, 3.8) is 0 Å². The first-order valence-corrected chi connectivity index (χ1v) is 10.0. The van der Waals surface area contributed by atoms with Crippen molar-refractivity contribution in [3.05, 3.63) is 83.9 Å². The molecule has 7 heteroatoms. The van der Waals surface area contributed by atoms with Crippen molar-refractivity contribution in [2.45, 2.75) is 11.8 Å². The molecule has 3 rings (SSSR count). The number of ether oxygens (including phenoxy) is 1. The summed E-state index contributed by atoms with van der Waals surface area (Å²) in [5.74, 6) is 0.396. The summed E-state index contributed by atoms with van der Waals surface area (Å²) in [6.45, 7) is 1.82. The van der Waals surface area contributed by atoms with E-state index in [1.165, 1.54) is 12.1 Å². The van der Waals surface area contributed by atoms with Crippen LogP contribution in [0, 0.1) is 6.92 Å². The van der Waals surface area contributed by atoms with Gasteiger partial charge in [-0.2, -0.15) is 0 Å². The van der Waals surface area contributed by atoms with Crippen LogP contribution in [0.4, 0.5) is 11.4 Å². The first-order chi connectivity index (χ1) is 13.4. The van der Waals surface area contributed by atoms with E-state index in [-0.39, 0.29) is 10.8 Å². The molecule has 0 fully saturated rings. The third-order valence-corrected chi connectivity index (χ3v) is 5.52. The number of hydrogen-bond donors (Lipinski definition) is 2. The lowest BCUT2D eigenvalue weighted by Gasteiger charge is -2.11. The number of sulfonamides is 1. The highest BCUT2D eigenvalue weighted by atomic mass is 32.2. The Hall–Kier alpha value is -3.32. The Bertz CT molecular complexity index is 1080. The van der Waals surface area contributed by atoms with Crippen molar-refractivity contribution in [2.24, 2.45) is 0 Å². The third-order valence-electron chi connectivity index (χ3n) is 4.13. The molecule has 0 heterocycles. The van der Waals surface area contributed by atoms with Crippen molar-refractivity contribution in [1.82, 2.24) is 0 Å². The van der Waals surface area contributed by atoms with E-state index in [0.717, 1.165) is 5.56 Å². The highest BCUT2D eigenvalue weighted by Crippen LogP contribution is 2.20. The van der Waals surface area contributed by atoms with Crippen LogP contribution >= 0.6 is 0 Å². The second-order valence-electron chi connectivity index (χ2n) is 6.13. The molecule has 0 aliphatic carbocycles. The summed E-state index contributed by atoms with van der Waals surface area (Å²) in [5.41, 5.74) is 2.28. The molecule has 3 aromatic carbocycles. The summed E-state index contributed by atoms with van der Waals surface area (Å²) in [6.07, 6.45) is 0. The molecule has 0 aliphatic rings. The Morgan fingerprint density at radius 3 is 2.18 bits per heavy atom. The van der Waals surface area contributed by atoms with Gasteiger partial charge in [0.2, 0.25) is 0 Å². The molecular formula is C21H20N2O4S. The van der Waals surface area contributed by atoms with Crippen LogP contribution in [-0.4, -0.2) is 21.4 Å². The molecule has 0 unspecified atom stereocenters. The minimum atomic E-state index is -3.70. The van der Waals surface area contributed by atoms with Crippen molar-refractivity contribution in [3.8, 4) is 5.75 Å². The fourth-order valence-corrected chi connectivity index (χ4v) is 3.71. The Morgan fingerprint density at radius 2 is 1.57 bits per heavy atom. The smallest absolute Gasteiger partial charge is 0.261 e. The van der Waals surface area contributed by atoms with E-state index in [1.807, 2.05) is 6.92 Å². The quantitative estimate of drug-likeness (QED) is 0.658. The van der Waals surface area contributed by atoms with Gasteiger partial charge < -0.3 is 10.1 Å². The first-order valence-electron chi connectivity index (χ1n) is 8.53. The number of benzene rings is 3. The van der Waals surface area contributed by atoms with Crippen LogP contribution in [0.3, 0.4) is 0 Å². The van der Waals surface area contributed by atoms with Gasteiger partial charge >= 0.3 is 0 Å². The van der Waals surface area contributed by atoms with Gasteiger partial charge in [-0.3, -0.25) is 9.52 Å². The minimum Gasteiger partial charge on any atom is -0.497 e. The Morgan fingerprint density at radius 1 is 0.893 bits per heavy atom. The Kier molecular flexibility index (Phi) is 5.65. The number of hydrogen-bond acceptors (Lipinski definition) is 4. The summed E-state index contributed by atoms with van der Waals surface area (Å²) < 4.78 is 32.6. The molecule has 2 N–H and O–H groups in total. The van der Waals surface area contributed by atoms with Gasteiger partial charge in [0.25, 0.3) is 15.9 Å². The molecule has 0 atom stereocenters. The fourth-order valence-electron chi connectivity index (χ4n) is 2.65. The normalized spacial score (nSPS) is 10.9. The average Bonchev–Trinajstić information content (AvgIpc) is 2.68. The van der Waals surface area contributed by atoms with Crippen LogP contribution < -0.4 is 14.8 Å². The zero-order valence-electron chi connectivity index (χ0n) is 15.5. The standard InChI is InChI=1S/C21H20N2O4S/c1-15-14-18(27-2)10-13-20(15)21(24)22-16-8-11-19(12-9-16)28(25,26)23-17-6-4-3-5-7-17/h3-14,23H,1-2H3,(H,22,24). The molecule has 0 aromatic heterocycles. The number of carbonyl (C=O) groups excluding carboxylic acids is 1. The fraction of sp³-hybridized carbons (Fsp3) is 0.0952. The second-order valence-corrected chi connectivity index (χ2v) is 7.81. The SMILES string of the molecule is COc1ccc(C(=O)Nc2ccc(S(=O)(=O)Nc3ccccc3)cc2)c(C)c1. The molecule has 0 saturated carbocycles. The summed E-state index contributed by atoms with van der Waals surface area (Å²) in [4.78, 5) is 12.6. The largest absolute Gasteiger partial charge is 0.497 e. The number of anilines is 2. The number of aryl methyl sites for hydroxylation is 1. The van der Waals surface area contributed by atoms with Crippen molar-refractivity contribution in [1.29, 1.82) is 0 Å². The maximum Gasteiger partial charge on any atom is 0.261 e. The summed E-state index contributed by atoms with van der Waals surface area (Å²) in [7, 11) is -2.14. The molecule has 1 amide bonds. The van der Waals surface area contributed by atoms with Crippen molar-refractivity contribution < 1.29 is 17.9 Å². The van der Waals surface area contributed by atoms with Crippen LogP contribution in [0.5, 0.6) is 5.75 Å². The van der Waals surface area contributed by atoms with Crippen molar-refractivity contribution in [2.75, 3.05) is 17.1 Å². The second kappa shape index (κ2) is 8.14. The highest BCUT2D eigenvalue weighted by molar-refractivity contribution is 7.92. The molecule has 144 valence electrons. The molecule has 3 aromatic rings. The number of para-hydroxylation sites is 1. The molecule has 0 saturated heterocycles. The molecule has 28 heavy (non-hydrogen) atoms. The van der Waals surface area contributed by atoms with Crippen LogP contribution in [0.2, 0.25) is 0 Å². The summed E-state index contributed by atoms with van der Waals surface area (Å²) >= 11 is 0. The van der Waals surface area contributed by atoms with E-state index in [4.69, 9.17) is 4.74 Å². The van der Waals surface area contributed by atoms with Crippen LogP contribution in [-0.2, 0) is 10.0 Å². The summed E-state index contributed by atoms with van der Waals surface area (Å²) in [6, 6.07) is 19.8. The highest BCUT2D eigenvalue weighted by Gasteiger charge is 2.15. The monoisotopic (exact) mass is 396 g/mol. The van der Waals surface area contributed by atoms with E-state index >= 15 is 0 Å². The zero-order chi connectivity index (χ0) is 20.1. The molecule has 0 aliphatic heterocycles. The van der Waals surface area contributed by atoms with Crippen LogP contribution in [0.15, 0.2) is 77.7 Å². The summed E-state index contributed by atoms with van der Waals surface area (Å²) in [5, 5.41) is 2.77. The van der Waals surface area contributed by atoms with E-state index < -0.39 is 10.0 Å². The van der Waals surface area contributed by atoms with Gasteiger partial charge in [-0.15, -0.1) is 0 Å². The topological polar surface area (TPSA) is 84.5 Å². The minimum absolute atomic E-state index is 0.106. The van der Waals surface area contributed by atoms with E-state index in [2.05, 4.69) is 10.0 Å². The van der Waals surface area contributed by atoms with E-state index in [0.29, 0.717) is 22.7 Å². The van der Waals surface area contributed by atoms with Crippen LogP contribution in [0.25, 0.3) is 0 Å². The van der Waals surface area contributed by atoms with Gasteiger partial charge in [0.05, 0.1) is 12.0 Å². The van der Waals surface area contributed by atoms with Gasteiger partial charge in [-0.1, -0.05) is 18.2 Å². The molecule has 6 nitrogen and oxygen atoms in total. The molecule has 0 spiro atoms. The lowest BCUT2D eigenvalue weighted by molar-refractivity contribution is 0.102. The van der Waals surface area contributed by atoms with Crippen LogP contribution in [0.1, 0.15) is 15.9 Å². The average molecular weight is 396 g/mol. The zero-order valence-corrected chi connectivity index (χ0v) is 16.3. The molecule has 0 bridgehead atoms. The van der Waals surface area contributed by atoms with Gasteiger partial charge in [-0.25, -0.2) is 8.42 Å². The maximum absolute atomic E-state index is 12.5. The predicted octanol–water partition coefficient (Wildman–Crippen LogP) is 4.06.